The molecule has 25 heavy (non-hydrogen) atoms. The van der Waals surface area contributed by atoms with Crippen molar-refractivity contribution in [3.05, 3.63) is 41.4 Å². The van der Waals surface area contributed by atoms with Crippen molar-refractivity contribution in [2.75, 3.05) is 24.6 Å². The Morgan fingerprint density at radius 3 is 2.84 bits per heavy atom. The first-order valence-corrected chi connectivity index (χ1v) is 9.10. The highest BCUT2D eigenvalue weighted by Crippen LogP contribution is 2.43. The molecule has 1 fully saturated rings. The van der Waals surface area contributed by atoms with E-state index < -0.39 is 0 Å². The van der Waals surface area contributed by atoms with Crippen LogP contribution in [0, 0.1) is 0 Å². The van der Waals surface area contributed by atoms with Gasteiger partial charge in [-0.2, -0.15) is 0 Å². The molecule has 3 aromatic rings. The number of aromatic nitrogens is 3. The largest absolute Gasteiger partial charge is 0.408 e. The summed E-state index contributed by atoms with van der Waals surface area (Å²) in [6.07, 6.45) is 3.61. The Labute approximate surface area is 146 Å². The molecule has 0 unspecified atom stereocenters. The van der Waals surface area contributed by atoms with Gasteiger partial charge in [0, 0.05) is 30.4 Å². The minimum atomic E-state index is -0.212. The van der Waals surface area contributed by atoms with E-state index in [1.54, 1.807) is 0 Å². The third-order valence-corrected chi connectivity index (χ3v) is 5.60. The normalized spacial score (nSPS) is 19.5. The molecule has 0 saturated carbocycles. The summed E-state index contributed by atoms with van der Waals surface area (Å²) in [5, 5.41) is 9.61. The van der Waals surface area contributed by atoms with Crippen LogP contribution in [-0.2, 0) is 23.2 Å². The number of piperidine rings is 1. The highest BCUT2D eigenvalue weighted by Gasteiger charge is 2.43. The maximum atomic E-state index is 6.35. The van der Waals surface area contributed by atoms with Crippen LogP contribution in [0.5, 0.6) is 0 Å². The lowest BCUT2D eigenvalue weighted by atomic mass is 9.83. The van der Waals surface area contributed by atoms with Crippen LogP contribution in [0.2, 0.25) is 0 Å². The van der Waals surface area contributed by atoms with Gasteiger partial charge in [0.1, 0.15) is 5.60 Å². The van der Waals surface area contributed by atoms with Gasteiger partial charge in [-0.1, -0.05) is 30.2 Å². The van der Waals surface area contributed by atoms with Gasteiger partial charge in [-0.15, -0.1) is 5.10 Å². The summed E-state index contributed by atoms with van der Waals surface area (Å²) in [4.78, 5) is 5.83. The van der Waals surface area contributed by atoms with Crippen LogP contribution in [0.3, 0.4) is 0 Å². The number of nitrogens with one attached hydrogen (secondary N) is 1. The average Bonchev–Trinajstić information content (AvgIpc) is 3.28. The summed E-state index contributed by atoms with van der Waals surface area (Å²) >= 11 is 0. The number of benzene rings is 1. The van der Waals surface area contributed by atoms with Gasteiger partial charge >= 0.3 is 6.01 Å². The number of anilines is 1. The number of aryl methyl sites for hydroxylation is 1. The van der Waals surface area contributed by atoms with E-state index in [9.17, 15) is 0 Å². The number of nitrogens with zero attached hydrogens (tertiary/aromatic N) is 3. The summed E-state index contributed by atoms with van der Waals surface area (Å²) in [5.41, 5.74) is 3.71. The fourth-order valence-electron chi connectivity index (χ4n) is 4.24. The maximum absolute atomic E-state index is 6.35. The van der Waals surface area contributed by atoms with E-state index in [-0.39, 0.29) is 5.60 Å². The summed E-state index contributed by atoms with van der Waals surface area (Å²) < 4.78 is 12.1. The molecular weight excluding hydrogens is 316 g/mol. The first kappa shape index (κ1) is 15.0. The minimum Gasteiger partial charge on any atom is -0.408 e. The molecule has 2 aromatic heterocycles. The predicted octanol–water partition coefficient (Wildman–Crippen LogP) is 3.18. The topological polar surface area (TPSA) is 67.2 Å². The van der Waals surface area contributed by atoms with Crippen LogP contribution in [-0.4, -0.2) is 34.9 Å². The molecule has 0 aliphatic carbocycles. The van der Waals surface area contributed by atoms with Crippen molar-refractivity contribution >= 4 is 16.9 Å². The van der Waals surface area contributed by atoms with Crippen molar-refractivity contribution < 1.29 is 9.15 Å². The van der Waals surface area contributed by atoms with E-state index in [0.29, 0.717) is 11.9 Å². The fourth-order valence-corrected chi connectivity index (χ4v) is 4.24. The van der Waals surface area contributed by atoms with Gasteiger partial charge in [-0.05, 0) is 30.9 Å². The monoisotopic (exact) mass is 338 g/mol. The van der Waals surface area contributed by atoms with Gasteiger partial charge in [0.15, 0.2) is 0 Å². The Hall–Kier alpha value is -2.34. The zero-order valence-electron chi connectivity index (χ0n) is 14.4. The maximum Gasteiger partial charge on any atom is 0.318 e. The van der Waals surface area contributed by atoms with E-state index in [4.69, 9.17) is 9.15 Å². The SMILES string of the molecule is CCc1nnc(N2CCC3(CC2)OCCc2c3[nH]c3ccccc23)o1. The van der Waals surface area contributed by atoms with Crippen molar-refractivity contribution in [3.8, 4) is 0 Å². The van der Waals surface area contributed by atoms with Gasteiger partial charge in [0.2, 0.25) is 5.89 Å². The van der Waals surface area contributed by atoms with E-state index in [0.717, 1.165) is 45.4 Å². The molecule has 130 valence electrons. The molecule has 1 spiro atoms. The second-order valence-corrected chi connectivity index (χ2v) is 6.94. The second-order valence-electron chi connectivity index (χ2n) is 6.94. The van der Waals surface area contributed by atoms with E-state index in [1.165, 1.54) is 22.2 Å². The number of aromatic amines is 1. The number of ether oxygens (including phenoxy) is 1. The number of rotatable bonds is 2. The van der Waals surface area contributed by atoms with Crippen molar-refractivity contribution in [3.63, 3.8) is 0 Å². The van der Waals surface area contributed by atoms with Crippen LogP contribution in [0.4, 0.5) is 6.01 Å². The van der Waals surface area contributed by atoms with E-state index >= 15 is 0 Å². The smallest absolute Gasteiger partial charge is 0.318 e. The molecule has 1 N–H and O–H groups in total. The highest BCUT2D eigenvalue weighted by atomic mass is 16.5. The van der Waals surface area contributed by atoms with Crippen LogP contribution in [0.25, 0.3) is 10.9 Å². The number of hydrogen-bond donors (Lipinski definition) is 1. The van der Waals surface area contributed by atoms with Crippen molar-refractivity contribution in [2.45, 2.75) is 38.2 Å². The lowest BCUT2D eigenvalue weighted by Gasteiger charge is -2.43. The average molecular weight is 338 g/mol. The van der Waals surface area contributed by atoms with Gasteiger partial charge in [-0.3, -0.25) is 0 Å². The van der Waals surface area contributed by atoms with Gasteiger partial charge in [0.25, 0.3) is 0 Å². The Bertz CT molecular complexity index is 905. The minimum absolute atomic E-state index is 0.212. The number of fused-ring (bicyclic) bond motifs is 4. The third kappa shape index (κ3) is 2.28. The van der Waals surface area contributed by atoms with E-state index in [2.05, 4.69) is 44.3 Å². The molecule has 5 rings (SSSR count). The standard InChI is InChI=1S/C19H22N4O2/c1-2-16-21-22-18(25-16)23-10-8-19(9-11-23)17-14(7-12-24-19)13-5-3-4-6-15(13)20-17/h3-6,20H,2,7-12H2,1H3. The molecule has 2 aliphatic rings. The molecule has 2 aliphatic heterocycles. The van der Waals surface area contributed by atoms with E-state index in [1.807, 2.05) is 6.92 Å². The predicted molar refractivity (Wildman–Crippen MR) is 94.8 cm³/mol. The number of para-hydroxylation sites is 1. The van der Waals surface area contributed by atoms with Crippen LogP contribution in [0.1, 0.15) is 36.9 Å². The van der Waals surface area contributed by atoms with Crippen molar-refractivity contribution in [2.24, 2.45) is 0 Å². The molecule has 0 radical (unpaired) electrons. The second kappa shape index (κ2) is 5.59. The first-order chi connectivity index (χ1) is 12.3. The molecule has 6 nitrogen and oxygen atoms in total. The molecule has 1 saturated heterocycles. The zero-order valence-corrected chi connectivity index (χ0v) is 14.4. The summed E-state index contributed by atoms with van der Waals surface area (Å²) in [5.74, 6) is 0.696. The first-order valence-electron chi connectivity index (χ1n) is 9.10. The Balaban J connectivity index is 1.45. The van der Waals surface area contributed by atoms with Gasteiger partial charge in [0.05, 0.1) is 12.3 Å². The van der Waals surface area contributed by atoms with Crippen molar-refractivity contribution in [1.82, 2.24) is 15.2 Å². The molecule has 0 bridgehead atoms. The molecule has 4 heterocycles. The zero-order chi connectivity index (χ0) is 16.9. The fraction of sp³-hybridized carbons (Fsp3) is 0.474. The number of H-pyrrole nitrogens is 1. The number of hydrogen-bond acceptors (Lipinski definition) is 5. The third-order valence-electron chi connectivity index (χ3n) is 5.60. The van der Waals surface area contributed by atoms with Gasteiger partial charge < -0.3 is 19.0 Å². The molecule has 1 aromatic carbocycles. The molecule has 0 amide bonds. The molecule has 6 heteroatoms. The lowest BCUT2D eigenvalue weighted by molar-refractivity contribution is -0.0794. The summed E-state index contributed by atoms with van der Waals surface area (Å²) in [6.45, 7) is 4.53. The van der Waals surface area contributed by atoms with Crippen LogP contribution < -0.4 is 4.90 Å². The Kier molecular flexibility index (Phi) is 3.35. The lowest BCUT2D eigenvalue weighted by Crippen LogP contribution is -2.47. The molecule has 0 atom stereocenters. The van der Waals surface area contributed by atoms with Crippen LogP contribution in [0.15, 0.2) is 28.7 Å². The Morgan fingerprint density at radius 2 is 2.04 bits per heavy atom. The van der Waals surface area contributed by atoms with Gasteiger partial charge in [-0.25, -0.2) is 0 Å². The van der Waals surface area contributed by atoms with Crippen molar-refractivity contribution in [1.29, 1.82) is 0 Å². The molecular formula is C19H22N4O2. The quantitative estimate of drug-likeness (QED) is 0.777. The summed E-state index contributed by atoms with van der Waals surface area (Å²) in [6, 6.07) is 9.20. The Morgan fingerprint density at radius 1 is 1.20 bits per heavy atom. The summed E-state index contributed by atoms with van der Waals surface area (Å²) in [7, 11) is 0. The highest BCUT2D eigenvalue weighted by molar-refractivity contribution is 5.85. The van der Waals surface area contributed by atoms with Crippen LogP contribution >= 0.6 is 0 Å².